The van der Waals surface area contributed by atoms with Crippen LogP contribution in [-0.2, 0) is 6.54 Å². The van der Waals surface area contributed by atoms with Crippen LogP contribution in [0.3, 0.4) is 0 Å². The van der Waals surface area contributed by atoms with Gasteiger partial charge < -0.3 is 19.6 Å². The summed E-state index contributed by atoms with van der Waals surface area (Å²) in [5.74, 6) is 0.847. The minimum Gasteiger partial charge on any atom is -0.491 e. The highest BCUT2D eigenvalue weighted by Gasteiger charge is 2.25. The predicted octanol–water partition coefficient (Wildman–Crippen LogP) is 0.0267. The molecule has 0 bridgehead atoms. The van der Waals surface area contributed by atoms with Crippen molar-refractivity contribution < 1.29 is 19.6 Å². The van der Waals surface area contributed by atoms with Gasteiger partial charge in [-0.2, -0.15) is 0 Å². The minimum atomic E-state index is -0.415. The minimum absolute atomic E-state index is 0.368. The SMILES string of the molecule is Cc1ccc(OC[C@@H](O)C[NH+]2CC[NH+](Cc3ccccc3)CC2)cc1C. The van der Waals surface area contributed by atoms with Gasteiger partial charge in [0.1, 0.15) is 57.7 Å². The molecule has 26 heavy (non-hydrogen) atoms. The van der Waals surface area contributed by atoms with Crippen molar-refractivity contribution >= 4 is 0 Å². The van der Waals surface area contributed by atoms with Gasteiger partial charge >= 0.3 is 0 Å². The van der Waals surface area contributed by atoms with E-state index in [1.807, 2.05) is 12.1 Å². The first-order chi connectivity index (χ1) is 12.6. The van der Waals surface area contributed by atoms with Crippen LogP contribution in [-0.4, -0.2) is 50.5 Å². The van der Waals surface area contributed by atoms with Crippen molar-refractivity contribution in [2.45, 2.75) is 26.5 Å². The fourth-order valence-electron chi connectivity index (χ4n) is 3.61. The van der Waals surface area contributed by atoms with E-state index in [9.17, 15) is 5.11 Å². The first-order valence-corrected chi connectivity index (χ1v) is 9.69. The number of piperazine rings is 1. The van der Waals surface area contributed by atoms with Crippen LogP contribution < -0.4 is 14.5 Å². The molecule has 1 aliphatic rings. The van der Waals surface area contributed by atoms with Crippen molar-refractivity contribution in [1.82, 2.24) is 0 Å². The molecule has 1 heterocycles. The Morgan fingerprint density at radius 3 is 2.31 bits per heavy atom. The third-order valence-corrected chi connectivity index (χ3v) is 5.41. The molecule has 1 fully saturated rings. The standard InChI is InChI=1S/C22H30N2O2/c1-18-8-9-22(14-19(18)2)26-17-21(25)16-24-12-10-23(11-13-24)15-20-6-4-3-5-7-20/h3-9,14,21,25H,10-13,15-17H2,1-2H3/p+2/t21-/m0/s1. The van der Waals surface area contributed by atoms with Crippen LogP contribution in [0.5, 0.6) is 5.75 Å². The van der Waals surface area contributed by atoms with Crippen LogP contribution in [0.4, 0.5) is 0 Å². The largest absolute Gasteiger partial charge is 0.491 e. The Kier molecular flexibility index (Phi) is 6.67. The van der Waals surface area contributed by atoms with Gasteiger partial charge in [0, 0.05) is 5.56 Å². The highest BCUT2D eigenvalue weighted by molar-refractivity contribution is 5.33. The quantitative estimate of drug-likeness (QED) is 0.655. The summed E-state index contributed by atoms with van der Waals surface area (Å²) in [6, 6.07) is 16.8. The zero-order valence-electron chi connectivity index (χ0n) is 16.0. The number of nitrogens with one attached hydrogen (secondary N) is 2. The molecule has 2 aromatic carbocycles. The van der Waals surface area contributed by atoms with Gasteiger partial charge in [0.15, 0.2) is 0 Å². The normalized spacial score (nSPS) is 21.3. The highest BCUT2D eigenvalue weighted by Crippen LogP contribution is 2.16. The maximum atomic E-state index is 10.3. The molecular formula is C22H32N2O2+2. The van der Waals surface area contributed by atoms with Crippen LogP contribution in [0.25, 0.3) is 0 Å². The fraction of sp³-hybridized carbons (Fsp3) is 0.455. The van der Waals surface area contributed by atoms with Crippen molar-refractivity contribution in [3.8, 4) is 5.75 Å². The number of aliphatic hydroxyl groups excluding tert-OH is 1. The number of ether oxygens (including phenoxy) is 1. The van der Waals surface area contributed by atoms with E-state index in [4.69, 9.17) is 4.74 Å². The topological polar surface area (TPSA) is 38.3 Å². The molecule has 4 nitrogen and oxygen atoms in total. The molecule has 0 aliphatic carbocycles. The fourth-order valence-corrected chi connectivity index (χ4v) is 3.61. The van der Waals surface area contributed by atoms with E-state index in [-0.39, 0.29) is 0 Å². The zero-order chi connectivity index (χ0) is 18.4. The Labute approximate surface area is 157 Å². The number of aryl methyl sites for hydroxylation is 2. The van der Waals surface area contributed by atoms with E-state index in [2.05, 4.69) is 50.2 Å². The summed E-state index contributed by atoms with van der Waals surface area (Å²) in [4.78, 5) is 3.12. The summed E-state index contributed by atoms with van der Waals surface area (Å²) in [7, 11) is 0. The van der Waals surface area contributed by atoms with Crippen molar-refractivity contribution in [1.29, 1.82) is 0 Å². The van der Waals surface area contributed by atoms with Gasteiger partial charge in [0.05, 0.1) is 0 Å². The average molecular weight is 357 g/mol. The molecule has 4 heteroatoms. The number of benzene rings is 2. The Morgan fingerprint density at radius 2 is 1.62 bits per heavy atom. The molecule has 0 spiro atoms. The van der Waals surface area contributed by atoms with Crippen LogP contribution in [0.2, 0.25) is 0 Å². The molecule has 3 N–H and O–H groups in total. The van der Waals surface area contributed by atoms with E-state index in [1.165, 1.54) is 21.6 Å². The molecule has 0 radical (unpaired) electrons. The predicted molar refractivity (Wildman–Crippen MR) is 104 cm³/mol. The van der Waals surface area contributed by atoms with Gasteiger partial charge in [0.2, 0.25) is 0 Å². The molecule has 1 atom stereocenters. The van der Waals surface area contributed by atoms with Crippen LogP contribution in [0.1, 0.15) is 16.7 Å². The van der Waals surface area contributed by atoms with Crippen molar-refractivity contribution in [3.63, 3.8) is 0 Å². The Hall–Kier alpha value is -1.88. The Balaban J connectivity index is 1.37. The molecule has 1 aliphatic heterocycles. The maximum absolute atomic E-state index is 10.3. The van der Waals surface area contributed by atoms with E-state index < -0.39 is 6.10 Å². The molecule has 0 amide bonds. The molecule has 0 saturated carbocycles. The number of aliphatic hydroxyl groups is 1. The van der Waals surface area contributed by atoms with E-state index in [0.717, 1.165) is 45.0 Å². The number of quaternary nitrogens is 2. The summed E-state index contributed by atoms with van der Waals surface area (Å²) < 4.78 is 5.78. The lowest BCUT2D eigenvalue weighted by molar-refractivity contribution is -1.02. The number of rotatable bonds is 7. The first-order valence-electron chi connectivity index (χ1n) is 9.69. The number of hydrogen-bond acceptors (Lipinski definition) is 2. The molecule has 0 aromatic heterocycles. The van der Waals surface area contributed by atoms with Gasteiger partial charge in [-0.1, -0.05) is 36.4 Å². The average Bonchev–Trinajstić information content (AvgIpc) is 2.65. The maximum Gasteiger partial charge on any atom is 0.137 e. The van der Waals surface area contributed by atoms with E-state index in [0.29, 0.717) is 6.61 Å². The van der Waals surface area contributed by atoms with E-state index in [1.54, 1.807) is 4.90 Å². The third kappa shape index (κ3) is 5.56. The van der Waals surface area contributed by atoms with Gasteiger partial charge in [-0.15, -0.1) is 0 Å². The monoisotopic (exact) mass is 356 g/mol. The summed E-state index contributed by atoms with van der Waals surface area (Å²) in [6.45, 7) is 11.0. The van der Waals surface area contributed by atoms with Crippen molar-refractivity contribution in [3.05, 3.63) is 65.2 Å². The summed E-state index contributed by atoms with van der Waals surface area (Å²) in [5, 5.41) is 10.3. The molecule has 0 unspecified atom stereocenters. The Morgan fingerprint density at radius 1 is 0.923 bits per heavy atom. The lowest BCUT2D eigenvalue weighted by Crippen LogP contribution is -3.28. The third-order valence-electron chi connectivity index (χ3n) is 5.41. The van der Waals surface area contributed by atoms with Gasteiger partial charge in [-0.25, -0.2) is 0 Å². The second-order valence-electron chi connectivity index (χ2n) is 7.58. The Bertz CT molecular complexity index is 682. The summed E-state index contributed by atoms with van der Waals surface area (Å²) in [6.07, 6.45) is -0.415. The first kappa shape index (κ1) is 18.9. The van der Waals surface area contributed by atoms with Gasteiger partial charge in [-0.3, -0.25) is 0 Å². The molecule has 2 aromatic rings. The summed E-state index contributed by atoms with van der Waals surface area (Å²) >= 11 is 0. The zero-order valence-corrected chi connectivity index (χ0v) is 16.0. The smallest absolute Gasteiger partial charge is 0.137 e. The molecule has 3 rings (SSSR count). The lowest BCUT2D eigenvalue weighted by atomic mass is 10.1. The van der Waals surface area contributed by atoms with Crippen LogP contribution in [0, 0.1) is 13.8 Å². The molecule has 1 saturated heterocycles. The molecular weight excluding hydrogens is 324 g/mol. The van der Waals surface area contributed by atoms with E-state index >= 15 is 0 Å². The number of hydrogen-bond donors (Lipinski definition) is 3. The molecule has 140 valence electrons. The van der Waals surface area contributed by atoms with Crippen LogP contribution in [0.15, 0.2) is 48.5 Å². The highest BCUT2D eigenvalue weighted by atomic mass is 16.5. The second kappa shape index (κ2) is 9.17. The summed E-state index contributed by atoms with van der Waals surface area (Å²) in [5.41, 5.74) is 3.89. The van der Waals surface area contributed by atoms with Gasteiger partial charge in [-0.05, 0) is 37.1 Å². The lowest BCUT2D eigenvalue weighted by Gasteiger charge is -2.30. The second-order valence-corrected chi connectivity index (χ2v) is 7.58. The van der Waals surface area contributed by atoms with Crippen molar-refractivity contribution in [2.24, 2.45) is 0 Å². The van der Waals surface area contributed by atoms with Gasteiger partial charge in [0.25, 0.3) is 0 Å². The van der Waals surface area contributed by atoms with Crippen LogP contribution >= 0.6 is 0 Å². The van der Waals surface area contributed by atoms with Crippen molar-refractivity contribution in [2.75, 3.05) is 39.3 Å².